The molecule has 0 aliphatic carbocycles. The van der Waals surface area contributed by atoms with Gasteiger partial charge in [-0.25, -0.2) is 9.18 Å². The average Bonchev–Trinajstić information content (AvgIpc) is 2.85. The number of imide groups is 1. The molecule has 6 nitrogen and oxygen atoms in total. The smallest absolute Gasteiger partial charge is 0.325 e. The number of carbonyl (C=O) groups is 3. The number of hydrogen-bond donors (Lipinski definition) is 2. The van der Waals surface area contributed by atoms with E-state index in [1.54, 1.807) is 0 Å². The van der Waals surface area contributed by atoms with Crippen LogP contribution < -0.4 is 10.6 Å². The number of amides is 4. The van der Waals surface area contributed by atoms with E-state index in [2.05, 4.69) is 10.6 Å². The van der Waals surface area contributed by atoms with E-state index in [1.165, 1.54) is 31.2 Å². The summed E-state index contributed by atoms with van der Waals surface area (Å²) in [6.45, 7) is 1.45. The van der Waals surface area contributed by atoms with Gasteiger partial charge >= 0.3 is 6.03 Å². The third-order valence-electron chi connectivity index (χ3n) is 4.33. The van der Waals surface area contributed by atoms with Crippen LogP contribution >= 0.6 is 0 Å². The van der Waals surface area contributed by atoms with Crippen LogP contribution in [0.3, 0.4) is 0 Å². The number of carbonyl (C=O) groups excluding carboxylic acids is 3. The molecule has 4 amide bonds. The molecule has 0 saturated carbocycles. The van der Waals surface area contributed by atoms with Crippen molar-refractivity contribution >= 4 is 17.8 Å². The molecule has 0 bridgehead atoms. The lowest BCUT2D eigenvalue weighted by atomic mass is 9.92. The van der Waals surface area contributed by atoms with Crippen LogP contribution in [-0.2, 0) is 21.7 Å². The summed E-state index contributed by atoms with van der Waals surface area (Å²) in [4.78, 5) is 37.9. The van der Waals surface area contributed by atoms with E-state index in [9.17, 15) is 18.8 Å². The molecule has 0 radical (unpaired) electrons. The van der Waals surface area contributed by atoms with E-state index in [1.807, 2.05) is 30.3 Å². The molecule has 134 valence electrons. The van der Waals surface area contributed by atoms with Gasteiger partial charge in [0.1, 0.15) is 17.9 Å². The zero-order valence-corrected chi connectivity index (χ0v) is 14.2. The van der Waals surface area contributed by atoms with Crippen molar-refractivity contribution in [3.8, 4) is 0 Å². The largest absolute Gasteiger partial charge is 0.350 e. The van der Waals surface area contributed by atoms with Gasteiger partial charge in [-0.1, -0.05) is 42.5 Å². The van der Waals surface area contributed by atoms with Crippen LogP contribution in [0.15, 0.2) is 54.6 Å². The second kappa shape index (κ2) is 6.95. The number of halogens is 1. The molecule has 1 saturated heterocycles. The molecular formula is C19H18FN3O3. The summed E-state index contributed by atoms with van der Waals surface area (Å²) in [5, 5.41) is 5.26. The van der Waals surface area contributed by atoms with Crippen LogP contribution in [0.1, 0.15) is 18.1 Å². The van der Waals surface area contributed by atoms with Gasteiger partial charge < -0.3 is 10.6 Å². The standard InChI is InChI=1S/C19H18FN3O3/c1-19(14-7-9-15(20)10-8-14)17(25)23(18(26)22-19)12-16(24)21-11-13-5-3-2-4-6-13/h2-10H,11-12H2,1H3,(H,21,24)(H,22,26)/t19-/m1/s1. The molecule has 3 rings (SSSR count). The molecule has 2 aromatic carbocycles. The lowest BCUT2D eigenvalue weighted by Gasteiger charge is -2.22. The highest BCUT2D eigenvalue weighted by atomic mass is 19.1. The number of urea groups is 1. The Bertz CT molecular complexity index is 839. The van der Waals surface area contributed by atoms with Crippen LogP contribution in [0.4, 0.5) is 9.18 Å². The molecule has 1 heterocycles. The Hall–Kier alpha value is -3.22. The van der Waals surface area contributed by atoms with Crippen LogP contribution in [-0.4, -0.2) is 29.3 Å². The monoisotopic (exact) mass is 355 g/mol. The molecule has 0 spiro atoms. The Morgan fingerprint density at radius 2 is 1.77 bits per heavy atom. The molecule has 1 aliphatic heterocycles. The summed E-state index contributed by atoms with van der Waals surface area (Å²) >= 11 is 0. The number of benzene rings is 2. The fourth-order valence-corrected chi connectivity index (χ4v) is 2.82. The fourth-order valence-electron chi connectivity index (χ4n) is 2.82. The van der Waals surface area contributed by atoms with Crippen LogP contribution in [0, 0.1) is 5.82 Å². The zero-order chi connectivity index (χ0) is 18.7. The van der Waals surface area contributed by atoms with Crippen molar-refractivity contribution in [1.82, 2.24) is 15.5 Å². The first-order valence-corrected chi connectivity index (χ1v) is 8.11. The van der Waals surface area contributed by atoms with Gasteiger partial charge in [0.05, 0.1) is 0 Å². The van der Waals surface area contributed by atoms with Crippen molar-refractivity contribution < 1.29 is 18.8 Å². The zero-order valence-electron chi connectivity index (χ0n) is 14.2. The molecule has 1 fully saturated rings. The third kappa shape index (κ3) is 3.42. The Kier molecular flexibility index (Phi) is 4.71. The Balaban J connectivity index is 1.67. The maximum Gasteiger partial charge on any atom is 0.325 e. The van der Waals surface area contributed by atoms with Crippen molar-refractivity contribution in [2.75, 3.05) is 6.54 Å². The Labute approximate surface area is 150 Å². The molecule has 1 atom stereocenters. The Morgan fingerprint density at radius 3 is 2.42 bits per heavy atom. The molecule has 7 heteroatoms. The second-order valence-corrected chi connectivity index (χ2v) is 6.22. The van der Waals surface area contributed by atoms with Gasteiger partial charge in [-0.15, -0.1) is 0 Å². The van der Waals surface area contributed by atoms with Crippen molar-refractivity contribution in [2.45, 2.75) is 19.0 Å². The maximum atomic E-state index is 13.1. The summed E-state index contributed by atoms with van der Waals surface area (Å²) in [5.74, 6) is -1.43. The van der Waals surface area contributed by atoms with Gasteiger partial charge in [0.15, 0.2) is 0 Å². The van der Waals surface area contributed by atoms with Crippen molar-refractivity contribution in [3.05, 3.63) is 71.5 Å². The van der Waals surface area contributed by atoms with Gasteiger partial charge in [0.25, 0.3) is 5.91 Å². The van der Waals surface area contributed by atoms with Gasteiger partial charge in [-0.05, 0) is 30.2 Å². The molecule has 26 heavy (non-hydrogen) atoms. The highest BCUT2D eigenvalue weighted by Gasteiger charge is 2.49. The van der Waals surface area contributed by atoms with Crippen LogP contribution in [0.2, 0.25) is 0 Å². The first-order valence-electron chi connectivity index (χ1n) is 8.11. The molecule has 2 N–H and O–H groups in total. The van der Waals surface area contributed by atoms with Crippen LogP contribution in [0.25, 0.3) is 0 Å². The minimum Gasteiger partial charge on any atom is -0.350 e. The number of nitrogens with zero attached hydrogens (tertiary/aromatic N) is 1. The number of rotatable bonds is 5. The molecular weight excluding hydrogens is 337 g/mol. The minimum absolute atomic E-state index is 0.304. The predicted octanol–water partition coefficient (Wildman–Crippen LogP) is 1.91. The van der Waals surface area contributed by atoms with Gasteiger partial charge in [-0.3, -0.25) is 14.5 Å². The van der Waals surface area contributed by atoms with Crippen molar-refractivity contribution in [3.63, 3.8) is 0 Å². The van der Waals surface area contributed by atoms with Gasteiger partial charge in [0.2, 0.25) is 5.91 Å². The van der Waals surface area contributed by atoms with Crippen molar-refractivity contribution in [2.24, 2.45) is 0 Å². The second-order valence-electron chi connectivity index (χ2n) is 6.22. The highest BCUT2D eigenvalue weighted by molar-refractivity contribution is 6.09. The van der Waals surface area contributed by atoms with E-state index < -0.39 is 29.2 Å². The molecule has 0 aromatic heterocycles. The third-order valence-corrected chi connectivity index (χ3v) is 4.33. The topological polar surface area (TPSA) is 78.5 Å². The predicted molar refractivity (Wildman–Crippen MR) is 92.3 cm³/mol. The van der Waals surface area contributed by atoms with Crippen LogP contribution in [0.5, 0.6) is 0 Å². The molecule has 1 aliphatic rings. The maximum absolute atomic E-state index is 13.1. The minimum atomic E-state index is -1.33. The lowest BCUT2D eigenvalue weighted by molar-refractivity contribution is -0.134. The number of hydrogen-bond acceptors (Lipinski definition) is 3. The summed E-state index contributed by atoms with van der Waals surface area (Å²) in [6, 6.07) is 14.0. The summed E-state index contributed by atoms with van der Waals surface area (Å²) in [6.07, 6.45) is 0. The van der Waals surface area contributed by atoms with Gasteiger partial charge in [0, 0.05) is 6.54 Å². The molecule has 2 aromatic rings. The first-order chi connectivity index (χ1) is 12.4. The van der Waals surface area contributed by atoms with E-state index in [-0.39, 0.29) is 6.54 Å². The van der Waals surface area contributed by atoms with Gasteiger partial charge in [-0.2, -0.15) is 0 Å². The van der Waals surface area contributed by atoms with Crippen molar-refractivity contribution in [1.29, 1.82) is 0 Å². The fraction of sp³-hybridized carbons (Fsp3) is 0.211. The average molecular weight is 355 g/mol. The lowest BCUT2D eigenvalue weighted by Crippen LogP contribution is -2.43. The SMILES string of the molecule is C[C@]1(c2ccc(F)cc2)NC(=O)N(CC(=O)NCc2ccccc2)C1=O. The molecule has 0 unspecified atom stereocenters. The summed E-state index contributed by atoms with van der Waals surface area (Å²) in [7, 11) is 0. The number of nitrogens with one attached hydrogen (secondary N) is 2. The summed E-state index contributed by atoms with van der Waals surface area (Å²) < 4.78 is 13.1. The normalized spacial score (nSPS) is 19.4. The summed E-state index contributed by atoms with van der Waals surface area (Å²) in [5.41, 5.74) is 0.0310. The quantitative estimate of drug-likeness (QED) is 0.804. The highest BCUT2D eigenvalue weighted by Crippen LogP contribution is 2.28. The Morgan fingerprint density at radius 1 is 1.12 bits per heavy atom. The van der Waals surface area contributed by atoms with E-state index in [0.717, 1.165) is 10.5 Å². The van der Waals surface area contributed by atoms with E-state index >= 15 is 0 Å². The van der Waals surface area contributed by atoms with E-state index in [0.29, 0.717) is 12.1 Å². The first kappa shape index (κ1) is 17.6. The van der Waals surface area contributed by atoms with E-state index in [4.69, 9.17) is 0 Å².